The molecule has 0 unspecified atom stereocenters. The number of halogens is 1. The predicted octanol–water partition coefficient (Wildman–Crippen LogP) is 0.467. The van der Waals surface area contributed by atoms with Gasteiger partial charge in [0.15, 0.2) is 0 Å². The van der Waals surface area contributed by atoms with Crippen LogP contribution in [0.2, 0.25) is 0 Å². The van der Waals surface area contributed by atoms with Crippen LogP contribution < -0.4 is 10.9 Å². The Morgan fingerprint density at radius 2 is 2.33 bits per heavy atom. The molecule has 0 spiro atoms. The van der Waals surface area contributed by atoms with Gasteiger partial charge in [0.1, 0.15) is 16.8 Å². The van der Waals surface area contributed by atoms with Crippen molar-refractivity contribution < 1.29 is 9.53 Å². The minimum atomic E-state index is -0.255. The summed E-state index contributed by atoms with van der Waals surface area (Å²) in [6, 6.07) is 0. The molecule has 0 aliphatic rings. The number of carbonyl (C=O) groups excluding carboxylic acids is 1. The maximum atomic E-state index is 11.8. The van der Waals surface area contributed by atoms with E-state index in [-0.39, 0.29) is 18.0 Å². The average molecular weight is 318 g/mol. The van der Waals surface area contributed by atoms with E-state index < -0.39 is 0 Å². The Labute approximate surface area is 113 Å². The van der Waals surface area contributed by atoms with Crippen molar-refractivity contribution in [1.29, 1.82) is 0 Å². The van der Waals surface area contributed by atoms with Gasteiger partial charge >= 0.3 is 0 Å². The third kappa shape index (κ3) is 4.23. The second kappa shape index (κ2) is 7.27. The van der Waals surface area contributed by atoms with Gasteiger partial charge in [-0.1, -0.05) is 0 Å². The predicted molar refractivity (Wildman–Crippen MR) is 70.4 cm³/mol. The van der Waals surface area contributed by atoms with Crippen molar-refractivity contribution in [3.8, 4) is 0 Å². The van der Waals surface area contributed by atoms with Crippen molar-refractivity contribution in [3.63, 3.8) is 0 Å². The van der Waals surface area contributed by atoms with E-state index in [9.17, 15) is 9.59 Å². The Kier molecular flexibility index (Phi) is 6.00. The lowest BCUT2D eigenvalue weighted by atomic mass is 10.4. The third-order valence-corrected chi connectivity index (χ3v) is 2.90. The third-order valence-electron chi connectivity index (χ3n) is 2.35. The second-order valence-corrected chi connectivity index (χ2v) is 4.60. The van der Waals surface area contributed by atoms with Gasteiger partial charge in [-0.05, 0) is 29.3 Å². The van der Waals surface area contributed by atoms with Gasteiger partial charge < -0.3 is 10.1 Å². The highest BCUT2D eigenvalue weighted by atomic mass is 79.9. The fraction of sp³-hybridized carbons (Fsp3) is 0.545. The van der Waals surface area contributed by atoms with Crippen LogP contribution in [0.4, 0.5) is 0 Å². The Bertz CT molecular complexity index is 473. The number of hydrogen-bond donors (Lipinski definition) is 1. The summed E-state index contributed by atoms with van der Waals surface area (Å²) >= 11 is 3.10. The van der Waals surface area contributed by atoms with E-state index >= 15 is 0 Å². The Balaban J connectivity index is 2.60. The van der Waals surface area contributed by atoms with Crippen LogP contribution in [-0.2, 0) is 16.1 Å². The highest BCUT2D eigenvalue weighted by Gasteiger charge is 2.09. The topological polar surface area (TPSA) is 73.2 Å². The van der Waals surface area contributed by atoms with Crippen LogP contribution >= 0.6 is 15.9 Å². The molecule has 1 aromatic rings. The van der Waals surface area contributed by atoms with Crippen LogP contribution in [0.15, 0.2) is 15.5 Å². The molecule has 0 aliphatic carbocycles. The number of rotatable bonds is 6. The fourth-order valence-electron chi connectivity index (χ4n) is 1.38. The highest BCUT2D eigenvalue weighted by molar-refractivity contribution is 9.10. The SMILES string of the molecule is COCCCNC(=O)Cn1c(C)ncc(Br)c1=O. The van der Waals surface area contributed by atoms with Crippen molar-refractivity contribution in [2.75, 3.05) is 20.3 Å². The first-order valence-corrected chi connectivity index (χ1v) is 6.33. The van der Waals surface area contributed by atoms with E-state index in [0.29, 0.717) is 23.4 Å². The monoisotopic (exact) mass is 317 g/mol. The summed E-state index contributed by atoms with van der Waals surface area (Å²) in [6.07, 6.45) is 2.18. The summed E-state index contributed by atoms with van der Waals surface area (Å²) in [5, 5.41) is 2.72. The normalized spacial score (nSPS) is 10.4. The molecule has 0 bridgehead atoms. The first-order chi connectivity index (χ1) is 8.56. The van der Waals surface area contributed by atoms with Crippen LogP contribution in [0.3, 0.4) is 0 Å². The molecule has 1 amide bonds. The summed E-state index contributed by atoms with van der Waals surface area (Å²) in [4.78, 5) is 27.4. The van der Waals surface area contributed by atoms with Crippen molar-refractivity contribution in [2.45, 2.75) is 19.9 Å². The lowest BCUT2D eigenvalue weighted by Crippen LogP contribution is -2.34. The molecular formula is C11H16BrN3O3. The molecule has 0 aliphatic heterocycles. The summed E-state index contributed by atoms with van der Waals surface area (Å²) in [5.74, 6) is 0.298. The zero-order chi connectivity index (χ0) is 13.5. The minimum absolute atomic E-state index is 0.0237. The zero-order valence-electron chi connectivity index (χ0n) is 10.4. The van der Waals surface area contributed by atoms with Crippen molar-refractivity contribution in [2.24, 2.45) is 0 Å². The van der Waals surface area contributed by atoms with Gasteiger partial charge in [-0.15, -0.1) is 0 Å². The molecular weight excluding hydrogens is 302 g/mol. The molecule has 1 heterocycles. The molecule has 18 heavy (non-hydrogen) atoms. The molecule has 6 nitrogen and oxygen atoms in total. The molecule has 0 fully saturated rings. The summed E-state index contributed by atoms with van der Waals surface area (Å²) < 4.78 is 6.55. The van der Waals surface area contributed by atoms with Crippen LogP contribution in [0.5, 0.6) is 0 Å². The van der Waals surface area contributed by atoms with Crippen LogP contribution in [-0.4, -0.2) is 35.7 Å². The van der Waals surface area contributed by atoms with Crippen LogP contribution in [0.25, 0.3) is 0 Å². The van der Waals surface area contributed by atoms with Crippen molar-refractivity contribution >= 4 is 21.8 Å². The van der Waals surface area contributed by atoms with Crippen molar-refractivity contribution in [1.82, 2.24) is 14.9 Å². The van der Waals surface area contributed by atoms with Gasteiger partial charge in [0.2, 0.25) is 5.91 Å². The number of aromatic nitrogens is 2. The van der Waals surface area contributed by atoms with Gasteiger partial charge in [0, 0.05) is 26.5 Å². The number of nitrogens with one attached hydrogen (secondary N) is 1. The Hall–Kier alpha value is -1.21. The zero-order valence-corrected chi connectivity index (χ0v) is 12.0. The number of aryl methyl sites for hydroxylation is 1. The summed E-state index contributed by atoms with van der Waals surface area (Å²) in [5.41, 5.74) is -0.255. The number of methoxy groups -OCH3 is 1. The van der Waals surface area contributed by atoms with E-state index in [1.54, 1.807) is 14.0 Å². The van der Waals surface area contributed by atoms with Gasteiger partial charge in [0.25, 0.3) is 5.56 Å². The van der Waals surface area contributed by atoms with E-state index in [1.807, 2.05) is 0 Å². The molecule has 0 saturated carbocycles. The number of ether oxygens (including phenoxy) is 1. The smallest absolute Gasteiger partial charge is 0.268 e. The van der Waals surface area contributed by atoms with Gasteiger partial charge in [-0.2, -0.15) is 0 Å². The number of nitrogens with zero attached hydrogens (tertiary/aromatic N) is 2. The first kappa shape index (κ1) is 14.8. The molecule has 7 heteroatoms. The largest absolute Gasteiger partial charge is 0.385 e. The minimum Gasteiger partial charge on any atom is -0.385 e. The number of hydrogen-bond acceptors (Lipinski definition) is 4. The highest BCUT2D eigenvalue weighted by Crippen LogP contribution is 2.01. The lowest BCUT2D eigenvalue weighted by molar-refractivity contribution is -0.121. The molecule has 0 radical (unpaired) electrons. The Morgan fingerprint density at radius 1 is 1.61 bits per heavy atom. The van der Waals surface area contributed by atoms with E-state index in [2.05, 4.69) is 26.2 Å². The van der Waals surface area contributed by atoms with Gasteiger partial charge in [0.05, 0.1) is 0 Å². The lowest BCUT2D eigenvalue weighted by Gasteiger charge is -2.09. The van der Waals surface area contributed by atoms with Crippen LogP contribution in [0.1, 0.15) is 12.2 Å². The summed E-state index contributed by atoms with van der Waals surface area (Å²) in [6.45, 7) is 2.79. The van der Waals surface area contributed by atoms with Gasteiger partial charge in [-0.25, -0.2) is 4.98 Å². The number of amides is 1. The molecule has 0 atom stereocenters. The average Bonchev–Trinajstić information content (AvgIpc) is 2.35. The van der Waals surface area contributed by atoms with Gasteiger partial charge in [-0.3, -0.25) is 14.2 Å². The van der Waals surface area contributed by atoms with Crippen LogP contribution in [0, 0.1) is 6.92 Å². The quantitative estimate of drug-likeness (QED) is 0.774. The Morgan fingerprint density at radius 3 is 3.00 bits per heavy atom. The molecule has 0 saturated heterocycles. The first-order valence-electron chi connectivity index (χ1n) is 5.54. The standard InChI is InChI=1S/C11H16BrN3O3/c1-8-14-6-9(12)11(17)15(8)7-10(16)13-4-3-5-18-2/h6H,3-5,7H2,1-2H3,(H,13,16). The summed E-state index contributed by atoms with van der Waals surface area (Å²) in [7, 11) is 1.61. The maximum Gasteiger partial charge on any atom is 0.268 e. The van der Waals surface area contributed by atoms with E-state index in [0.717, 1.165) is 6.42 Å². The van der Waals surface area contributed by atoms with Crippen molar-refractivity contribution in [3.05, 3.63) is 26.8 Å². The number of carbonyl (C=O) groups is 1. The molecule has 1 N–H and O–H groups in total. The van der Waals surface area contributed by atoms with E-state index in [1.165, 1.54) is 10.8 Å². The molecule has 1 rings (SSSR count). The van der Waals surface area contributed by atoms with E-state index in [4.69, 9.17) is 4.74 Å². The maximum absolute atomic E-state index is 11.8. The molecule has 100 valence electrons. The molecule has 1 aromatic heterocycles. The second-order valence-electron chi connectivity index (χ2n) is 3.74. The molecule has 0 aromatic carbocycles. The fourth-order valence-corrected chi connectivity index (χ4v) is 1.70.